The van der Waals surface area contributed by atoms with Crippen molar-refractivity contribution < 1.29 is 22.8 Å². The number of nitrogens with zero attached hydrogens (tertiary/aromatic N) is 4. The lowest BCUT2D eigenvalue weighted by atomic mass is 10.1. The number of alkyl halides is 3. The van der Waals surface area contributed by atoms with Gasteiger partial charge in [0.05, 0.1) is 18.0 Å². The Bertz CT molecular complexity index is 1150. The Morgan fingerprint density at radius 3 is 2.81 bits per heavy atom. The van der Waals surface area contributed by atoms with Gasteiger partial charge < -0.3 is 10.2 Å². The third kappa shape index (κ3) is 4.36. The summed E-state index contributed by atoms with van der Waals surface area (Å²) in [6.07, 6.45) is -1.60. The predicted molar refractivity (Wildman–Crippen MR) is 109 cm³/mol. The third-order valence-electron chi connectivity index (χ3n) is 5.08. The lowest BCUT2D eigenvalue weighted by Gasteiger charge is -2.17. The zero-order valence-corrected chi connectivity index (χ0v) is 17.2. The van der Waals surface area contributed by atoms with E-state index in [0.29, 0.717) is 0 Å². The number of nitrogens with one attached hydrogen (secondary N) is 1. The summed E-state index contributed by atoms with van der Waals surface area (Å²) in [4.78, 5) is 27.6. The molecule has 0 unspecified atom stereocenters. The molecule has 1 N–H and O–H groups in total. The number of carbonyl (C=O) groups is 2. The van der Waals surface area contributed by atoms with Crippen molar-refractivity contribution in [3.8, 4) is 0 Å². The molecule has 1 aliphatic rings. The van der Waals surface area contributed by atoms with E-state index in [1.54, 1.807) is 16.7 Å². The first-order chi connectivity index (χ1) is 14.8. The summed E-state index contributed by atoms with van der Waals surface area (Å²) in [5, 5.41) is 10.4. The fourth-order valence-corrected chi connectivity index (χ4v) is 3.90. The van der Waals surface area contributed by atoms with E-state index in [0.717, 1.165) is 22.8 Å². The number of hydrogen-bond donors (Lipinski definition) is 1. The van der Waals surface area contributed by atoms with Gasteiger partial charge in [-0.05, 0) is 36.6 Å². The Kier molecular flexibility index (Phi) is 5.61. The summed E-state index contributed by atoms with van der Waals surface area (Å²) in [7, 11) is 0. The maximum Gasteiger partial charge on any atom is 0.417 e. The summed E-state index contributed by atoms with van der Waals surface area (Å²) >= 11 is 1.56. The quantitative estimate of drug-likeness (QED) is 0.606. The number of pyridine rings is 1. The molecule has 4 rings (SSSR count). The van der Waals surface area contributed by atoms with Crippen LogP contribution in [0.4, 0.5) is 18.9 Å². The summed E-state index contributed by atoms with van der Waals surface area (Å²) in [5.41, 5.74) is 0.139. The van der Waals surface area contributed by atoms with Crippen LogP contribution in [-0.4, -0.2) is 39.2 Å². The minimum Gasteiger partial charge on any atom is -0.348 e. The predicted octanol–water partition coefficient (Wildman–Crippen LogP) is 3.14. The molecule has 3 aromatic rings. The van der Waals surface area contributed by atoms with E-state index in [1.165, 1.54) is 10.5 Å². The highest BCUT2D eigenvalue weighted by atomic mass is 32.2. The lowest BCUT2D eigenvalue weighted by Crippen LogP contribution is -2.33. The van der Waals surface area contributed by atoms with E-state index >= 15 is 0 Å². The number of anilines is 1. The SMILES string of the molecule is CSc1cccc(N2C[C@H](C(=O)NCc3nnc4ccc(C(F)(F)F)cn34)CC2=O)c1. The molecule has 2 aromatic heterocycles. The Labute approximate surface area is 179 Å². The molecule has 0 radical (unpaired) electrons. The molecule has 0 aliphatic carbocycles. The number of halogens is 3. The van der Waals surface area contributed by atoms with E-state index in [1.807, 2.05) is 30.5 Å². The van der Waals surface area contributed by atoms with Crippen molar-refractivity contribution in [3.63, 3.8) is 0 Å². The molecule has 7 nitrogen and oxygen atoms in total. The van der Waals surface area contributed by atoms with Gasteiger partial charge in [0.25, 0.3) is 0 Å². The van der Waals surface area contributed by atoms with E-state index in [2.05, 4.69) is 15.5 Å². The first kappa shape index (κ1) is 21.2. The van der Waals surface area contributed by atoms with Crippen LogP contribution in [0.2, 0.25) is 0 Å². The number of aromatic nitrogens is 3. The maximum atomic E-state index is 13.0. The van der Waals surface area contributed by atoms with Crippen LogP contribution < -0.4 is 10.2 Å². The molecule has 31 heavy (non-hydrogen) atoms. The second kappa shape index (κ2) is 8.22. The number of thioether (sulfide) groups is 1. The second-order valence-corrected chi connectivity index (χ2v) is 7.96. The first-order valence-electron chi connectivity index (χ1n) is 9.39. The molecular formula is C20H18F3N5O2S. The van der Waals surface area contributed by atoms with Crippen LogP contribution in [0, 0.1) is 5.92 Å². The van der Waals surface area contributed by atoms with Crippen LogP contribution in [-0.2, 0) is 22.3 Å². The van der Waals surface area contributed by atoms with Crippen molar-refractivity contribution in [3.05, 3.63) is 54.0 Å². The topological polar surface area (TPSA) is 79.6 Å². The zero-order valence-electron chi connectivity index (χ0n) is 16.4. The Balaban J connectivity index is 1.44. The molecule has 1 atom stereocenters. The number of fused-ring (bicyclic) bond motifs is 1. The molecule has 3 heterocycles. The number of amides is 2. The highest BCUT2D eigenvalue weighted by Crippen LogP contribution is 2.30. The van der Waals surface area contributed by atoms with Crippen molar-refractivity contribution in [1.82, 2.24) is 19.9 Å². The largest absolute Gasteiger partial charge is 0.417 e. The first-order valence-corrected chi connectivity index (χ1v) is 10.6. The molecule has 1 saturated heterocycles. The number of hydrogen-bond acceptors (Lipinski definition) is 5. The van der Waals surface area contributed by atoms with E-state index in [-0.39, 0.29) is 42.8 Å². The number of carbonyl (C=O) groups excluding carboxylic acids is 2. The Morgan fingerprint density at radius 1 is 1.26 bits per heavy atom. The molecular weight excluding hydrogens is 431 g/mol. The fraction of sp³-hybridized carbons (Fsp3) is 0.300. The van der Waals surface area contributed by atoms with Crippen LogP contribution in [0.5, 0.6) is 0 Å². The fourth-order valence-electron chi connectivity index (χ4n) is 3.45. The van der Waals surface area contributed by atoms with Gasteiger partial charge in [0.2, 0.25) is 11.8 Å². The monoisotopic (exact) mass is 449 g/mol. The summed E-state index contributed by atoms with van der Waals surface area (Å²) in [6.45, 7) is 0.134. The van der Waals surface area contributed by atoms with Gasteiger partial charge in [-0.3, -0.25) is 14.0 Å². The molecule has 162 valence electrons. The summed E-state index contributed by atoms with van der Waals surface area (Å²) in [6, 6.07) is 9.65. The van der Waals surface area contributed by atoms with Crippen molar-refractivity contribution in [2.75, 3.05) is 17.7 Å². The highest BCUT2D eigenvalue weighted by molar-refractivity contribution is 7.98. The second-order valence-electron chi connectivity index (χ2n) is 7.08. The number of benzene rings is 1. The van der Waals surface area contributed by atoms with Gasteiger partial charge in [-0.25, -0.2) is 0 Å². The van der Waals surface area contributed by atoms with Crippen LogP contribution in [0.25, 0.3) is 5.65 Å². The van der Waals surface area contributed by atoms with Gasteiger partial charge in [-0.1, -0.05) is 6.07 Å². The van der Waals surface area contributed by atoms with Crippen molar-refractivity contribution >= 4 is 34.9 Å². The average molecular weight is 449 g/mol. The van der Waals surface area contributed by atoms with Crippen LogP contribution in [0.1, 0.15) is 17.8 Å². The van der Waals surface area contributed by atoms with Gasteiger partial charge in [0, 0.05) is 29.7 Å². The maximum absolute atomic E-state index is 13.0. The highest BCUT2D eigenvalue weighted by Gasteiger charge is 2.35. The minimum atomic E-state index is -4.50. The van der Waals surface area contributed by atoms with Crippen molar-refractivity contribution in [1.29, 1.82) is 0 Å². The summed E-state index contributed by atoms with van der Waals surface area (Å²) in [5.74, 6) is -0.902. The molecule has 0 spiro atoms. The van der Waals surface area contributed by atoms with E-state index < -0.39 is 17.7 Å². The van der Waals surface area contributed by atoms with Crippen LogP contribution >= 0.6 is 11.8 Å². The molecule has 0 saturated carbocycles. The van der Waals surface area contributed by atoms with Crippen LogP contribution in [0.3, 0.4) is 0 Å². The lowest BCUT2D eigenvalue weighted by molar-refractivity contribution is -0.138. The standard InChI is InChI=1S/C20H18F3N5O2S/c1-31-15-4-2-3-14(8-15)27-10-12(7-18(27)29)19(30)24-9-17-26-25-16-6-5-13(11-28(16)17)20(21,22)23/h2-6,8,11-12H,7,9-10H2,1H3,(H,24,30)/t12-/m1/s1. The number of rotatable bonds is 5. The zero-order chi connectivity index (χ0) is 22.2. The molecule has 1 fully saturated rings. The Hall–Kier alpha value is -3.08. The van der Waals surface area contributed by atoms with Gasteiger partial charge in [0.15, 0.2) is 11.5 Å². The summed E-state index contributed by atoms with van der Waals surface area (Å²) < 4.78 is 40.1. The molecule has 11 heteroatoms. The minimum absolute atomic E-state index is 0.0636. The molecule has 1 aliphatic heterocycles. The van der Waals surface area contributed by atoms with Gasteiger partial charge >= 0.3 is 6.18 Å². The average Bonchev–Trinajstić information content (AvgIpc) is 3.34. The van der Waals surface area contributed by atoms with E-state index in [4.69, 9.17) is 0 Å². The normalized spacial score (nSPS) is 16.8. The van der Waals surface area contributed by atoms with Crippen LogP contribution in [0.15, 0.2) is 47.5 Å². The van der Waals surface area contributed by atoms with Gasteiger partial charge in [0.1, 0.15) is 0 Å². The van der Waals surface area contributed by atoms with Gasteiger partial charge in [-0.15, -0.1) is 22.0 Å². The smallest absolute Gasteiger partial charge is 0.348 e. The van der Waals surface area contributed by atoms with Crippen molar-refractivity contribution in [2.24, 2.45) is 5.92 Å². The Morgan fingerprint density at radius 2 is 2.06 bits per heavy atom. The third-order valence-corrected chi connectivity index (χ3v) is 5.81. The molecule has 0 bridgehead atoms. The molecule has 1 aromatic carbocycles. The molecule has 2 amide bonds. The van der Waals surface area contributed by atoms with Gasteiger partial charge in [-0.2, -0.15) is 13.2 Å². The van der Waals surface area contributed by atoms with E-state index in [9.17, 15) is 22.8 Å². The van der Waals surface area contributed by atoms with Crippen molar-refractivity contribution in [2.45, 2.75) is 24.0 Å².